The third-order valence-electron chi connectivity index (χ3n) is 3.33. The van der Waals surface area contributed by atoms with Crippen LogP contribution in [0.4, 0.5) is 0 Å². The van der Waals surface area contributed by atoms with Gasteiger partial charge in [0.2, 0.25) is 17.7 Å². The van der Waals surface area contributed by atoms with Gasteiger partial charge < -0.3 is 18.3 Å². The minimum atomic E-state index is 0.411. The van der Waals surface area contributed by atoms with Crippen molar-refractivity contribution in [1.29, 1.82) is 0 Å². The predicted octanol–water partition coefficient (Wildman–Crippen LogP) is 3.38. The first-order valence-corrected chi connectivity index (χ1v) is 8.72. The van der Waals surface area contributed by atoms with Crippen molar-refractivity contribution in [3.63, 3.8) is 0 Å². The quantitative estimate of drug-likeness (QED) is 0.559. The van der Waals surface area contributed by atoms with Gasteiger partial charge in [-0.15, -0.1) is 20.4 Å². The highest BCUT2D eigenvalue weighted by atomic mass is 32.2. The van der Waals surface area contributed by atoms with Crippen molar-refractivity contribution in [1.82, 2.24) is 20.4 Å². The number of hydrogen-bond donors (Lipinski definition) is 0. The smallest absolute Gasteiger partial charge is 0.277 e. The van der Waals surface area contributed by atoms with Crippen molar-refractivity contribution in [3.05, 3.63) is 30.0 Å². The van der Waals surface area contributed by atoms with E-state index in [9.17, 15) is 0 Å². The van der Waals surface area contributed by atoms with E-state index in [-0.39, 0.29) is 0 Å². The van der Waals surface area contributed by atoms with Crippen LogP contribution in [0, 0.1) is 0 Å². The Morgan fingerprint density at radius 2 is 1.76 bits per heavy atom. The van der Waals surface area contributed by atoms with Crippen molar-refractivity contribution < 1.29 is 18.3 Å². The van der Waals surface area contributed by atoms with Crippen molar-refractivity contribution in [2.45, 2.75) is 30.7 Å². The number of ether oxygens (including phenoxy) is 2. The summed E-state index contributed by atoms with van der Waals surface area (Å²) < 4.78 is 21.7. The number of methoxy groups -OCH3 is 2. The maximum absolute atomic E-state index is 5.69. The summed E-state index contributed by atoms with van der Waals surface area (Å²) >= 11 is 1.36. The maximum atomic E-state index is 5.69. The summed E-state index contributed by atoms with van der Waals surface area (Å²) in [5.74, 6) is 3.22. The van der Waals surface area contributed by atoms with Crippen LogP contribution in [0.2, 0.25) is 0 Å². The molecule has 0 bridgehead atoms. The molecule has 0 N–H and O–H groups in total. The molecular formula is C16H18N4O4S. The molecule has 0 aliphatic rings. The van der Waals surface area contributed by atoms with Crippen LogP contribution < -0.4 is 9.47 Å². The second kappa shape index (κ2) is 8.02. The third-order valence-corrected chi connectivity index (χ3v) is 4.13. The monoisotopic (exact) mass is 362 g/mol. The first-order chi connectivity index (χ1) is 12.2. The van der Waals surface area contributed by atoms with E-state index in [0.717, 1.165) is 18.4 Å². The van der Waals surface area contributed by atoms with Crippen LogP contribution in [0.1, 0.15) is 25.1 Å². The number of aryl methyl sites for hydroxylation is 1. The van der Waals surface area contributed by atoms with Crippen molar-refractivity contribution >= 4 is 11.8 Å². The molecule has 0 saturated carbocycles. The molecule has 9 heteroatoms. The van der Waals surface area contributed by atoms with Crippen LogP contribution in [0.25, 0.3) is 11.5 Å². The summed E-state index contributed by atoms with van der Waals surface area (Å²) in [6.07, 6.45) is 1.74. The summed E-state index contributed by atoms with van der Waals surface area (Å²) in [5.41, 5.74) is 0.754. The van der Waals surface area contributed by atoms with E-state index >= 15 is 0 Å². The fourth-order valence-corrected chi connectivity index (χ4v) is 2.75. The molecule has 2 aromatic heterocycles. The Morgan fingerprint density at radius 3 is 2.52 bits per heavy atom. The van der Waals surface area contributed by atoms with Gasteiger partial charge in [0.1, 0.15) is 0 Å². The normalized spacial score (nSPS) is 10.8. The molecule has 1 aromatic carbocycles. The van der Waals surface area contributed by atoms with E-state index in [1.54, 1.807) is 26.4 Å². The van der Waals surface area contributed by atoms with E-state index in [4.69, 9.17) is 18.3 Å². The topological polar surface area (TPSA) is 96.3 Å². The highest BCUT2D eigenvalue weighted by Crippen LogP contribution is 2.32. The molecule has 0 amide bonds. The third kappa shape index (κ3) is 4.11. The zero-order valence-electron chi connectivity index (χ0n) is 14.2. The SMILES string of the molecule is CCCc1nnc(SCc2nnc(-c3ccc(OC)c(OC)c3)o2)o1. The highest BCUT2D eigenvalue weighted by molar-refractivity contribution is 7.98. The van der Waals surface area contributed by atoms with E-state index in [1.165, 1.54) is 11.8 Å². The number of aromatic nitrogens is 4. The van der Waals surface area contributed by atoms with Gasteiger partial charge in [-0.2, -0.15) is 0 Å². The maximum Gasteiger partial charge on any atom is 0.277 e. The standard InChI is InChI=1S/C16H18N4O4S/c1-4-5-13-17-20-16(24-13)25-9-14-18-19-15(23-14)10-6-7-11(21-2)12(8-10)22-3/h6-8H,4-5,9H2,1-3H3. The van der Waals surface area contributed by atoms with Crippen LogP contribution in [0.15, 0.2) is 32.3 Å². The van der Waals surface area contributed by atoms with Gasteiger partial charge in [0, 0.05) is 12.0 Å². The van der Waals surface area contributed by atoms with Crippen molar-refractivity contribution in [2.24, 2.45) is 0 Å². The van der Waals surface area contributed by atoms with Gasteiger partial charge in [-0.3, -0.25) is 0 Å². The Morgan fingerprint density at radius 1 is 0.960 bits per heavy atom. The van der Waals surface area contributed by atoms with Crippen LogP contribution in [-0.4, -0.2) is 34.6 Å². The molecule has 0 atom stereocenters. The number of benzene rings is 1. The average Bonchev–Trinajstić information content (AvgIpc) is 3.29. The summed E-state index contributed by atoms with van der Waals surface area (Å²) in [5, 5.41) is 16.6. The largest absolute Gasteiger partial charge is 0.493 e. The summed E-state index contributed by atoms with van der Waals surface area (Å²) in [4.78, 5) is 0. The zero-order valence-corrected chi connectivity index (χ0v) is 15.0. The Kier molecular flexibility index (Phi) is 5.54. The molecular weight excluding hydrogens is 344 g/mol. The Bertz CT molecular complexity index is 833. The molecule has 0 spiro atoms. The Labute approximate surface area is 148 Å². The van der Waals surface area contributed by atoms with E-state index in [0.29, 0.717) is 40.1 Å². The van der Waals surface area contributed by atoms with Crippen molar-refractivity contribution in [2.75, 3.05) is 14.2 Å². The zero-order chi connectivity index (χ0) is 17.6. The van der Waals surface area contributed by atoms with Gasteiger partial charge in [-0.25, -0.2) is 0 Å². The van der Waals surface area contributed by atoms with Gasteiger partial charge in [-0.1, -0.05) is 18.7 Å². The van der Waals surface area contributed by atoms with Gasteiger partial charge in [0.15, 0.2) is 11.5 Å². The van der Waals surface area contributed by atoms with E-state index in [1.807, 2.05) is 6.07 Å². The second-order valence-electron chi connectivity index (χ2n) is 5.07. The minimum absolute atomic E-state index is 0.411. The van der Waals surface area contributed by atoms with E-state index < -0.39 is 0 Å². The Hall–Kier alpha value is -2.55. The first-order valence-electron chi connectivity index (χ1n) is 7.73. The van der Waals surface area contributed by atoms with Gasteiger partial charge in [-0.05, 0) is 24.6 Å². The van der Waals surface area contributed by atoms with Crippen LogP contribution in [0.5, 0.6) is 11.5 Å². The lowest BCUT2D eigenvalue weighted by Gasteiger charge is -2.07. The summed E-state index contributed by atoms with van der Waals surface area (Å²) in [6.45, 7) is 2.06. The molecule has 0 aliphatic carbocycles. The molecule has 0 aliphatic heterocycles. The van der Waals surface area contributed by atoms with Gasteiger partial charge in [0.05, 0.1) is 20.0 Å². The lowest BCUT2D eigenvalue weighted by Crippen LogP contribution is -1.90. The van der Waals surface area contributed by atoms with Crippen LogP contribution in [-0.2, 0) is 12.2 Å². The molecule has 0 radical (unpaired) electrons. The molecule has 3 aromatic rings. The highest BCUT2D eigenvalue weighted by Gasteiger charge is 2.14. The molecule has 0 unspecified atom stereocenters. The van der Waals surface area contributed by atoms with Crippen LogP contribution in [0.3, 0.4) is 0 Å². The average molecular weight is 362 g/mol. The predicted molar refractivity (Wildman–Crippen MR) is 90.7 cm³/mol. The lowest BCUT2D eigenvalue weighted by molar-refractivity contribution is 0.355. The number of thioether (sulfide) groups is 1. The second-order valence-corrected chi connectivity index (χ2v) is 6.00. The summed E-state index contributed by atoms with van der Waals surface area (Å²) in [6, 6.07) is 5.42. The molecule has 132 valence electrons. The number of nitrogens with zero attached hydrogens (tertiary/aromatic N) is 4. The molecule has 2 heterocycles. The lowest BCUT2D eigenvalue weighted by atomic mass is 10.2. The van der Waals surface area contributed by atoms with E-state index in [2.05, 4.69) is 27.3 Å². The fourth-order valence-electron chi connectivity index (χ4n) is 2.13. The minimum Gasteiger partial charge on any atom is -0.493 e. The van der Waals surface area contributed by atoms with Crippen LogP contribution >= 0.6 is 11.8 Å². The first kappa shape index (κ1) is 17.3. The molecule has 25 heavy (non-hydrogen) atoms. The number of rotatable bonds is 8. The molecule has 8 nitrogen and oxygen atoms in total. The molecule has 0 saturated heterocycles. The summed E-state index contributed by atoms with van der Waals surface area (Å²) in [7, 11) is 3.16. The van der Waals surface area contributed by atoms with Crippen molar-refractivity contribution in [3.8, 4) is 23.0 Å². The fraction of sp³-hybridized carbons (Fsp3) is 0.375. The molecule has 0 fully saturated rings. The van der Waals surface area contributed by atoms with Gasteiger partial charge in [0.25, 0.3) is 5.22 Å². The van der Waals surface area contributed by atoms with Gasteiger partial charge >= 0.3 is 0 Å². The number of hydrogen-bond acceptors (Lipinski definition) is 9. The molecule has 3 rings (SSSR count). The Balaban J connectivity index is 1.67.